The molecule has 0 aliphatic heterocycles. The van der Waals surface area contributed by atoms with Crippen molar-refractivity contribution in [2.24, 2.45) is 11.1 Å². The Morgan fingerprint density at radius 2 is 1.83 bits per heavy atom. The first-order valence-electron chi connectivity index (χ1n) is 5.80. The van der Waals surface area contributed by atoms with Crippen molar-refractivity contribution in [2.45, 2.75) is 24.2 Å². The first-order chi connectivity index (χ1) is 8.39. The van der Waals surface area contributed by atoms with E-state index in [0.29, 0.717) is 5.69 Å². The summed E-state index contributed by atoms with van der Waals surface area (Å²) in [5.74, 6) is 0.206. The van der Waals surface area contributed by atoms with E-state index in [1.807, 2.05) is 0 Å². The number of anilines is 1. The topological polar surface area (TPSA) is 80.5 Å². The van der Waals surface area contributed by atoms with Gasteiger partial charge in [-0.05, 0) is 37.1 Å². The fraction of sp³-hybridized carbons (Fsp3) is 0.417. The quantitative estimate of drug-likeness (QED) is 0.891. The summed E-state index contributed by atoms with van der Waals surface area (Å²) in [4.78, 5) is 13.6. The summed E-state index contributed by atoms with van der Waals surface area (Å²) in [5.41, 5.74) is 0.680. The van der Waals surface area contributed by atoms with Crippen LogP contribution in [0.2, 0.25) is 0 Å². The molecule has 1 aromatic carbocycles. The van der Waals surface area contributed by atoms with Gasteiger partial charge in [-0.2, -0.15) is 0 Å². The molecule has 0 radical (unpaired) electrons. The van der Waals surface area contributed by atoms with E-state index in [1.165, 1.54) is 12.1 Å². The molecule has 6 heteroatoms. The summed E-state index contributed by atoms with van der Waals surface area (Å²) in [6.45, 7) is 0. The number of sulfonamides is 1. The van der Waals surface area contributed by atoms with E-state index >= 15 is 0 Å². The Balaban J connectivity index is 2.16. The fourth-order valence-corrected chi connectivity index (χ4v) is 2.43. The Kier molecular flexibility index (Phi) is 3.41. The van der Waals surface area contributed by atoms with Crippen molar-refractivity contribution in [3.8, 4) is 0 Å². The maximum atomic E-state index is 12.0. The van der Waals surface area contributed by atoms with Gasteiger partial charge in [0.2, 0.25) is 15.9 Å². The molecule has 0 heterocycles. The number of nitrogens with two attached hydrogens (primary N) is 1. The van der Waals surface area contributed by atoms with Crippen molar-refractivity contribution in [3.63, 3.8) is 0 Å². The van der Waals surface area contributed by atoms with Gasteiger partial charge in [-0.3, -0.25) is 4.79 Å². The number of rotatable bonds is 3. The summed E-state index contributed by atoms with van der Waals surface area (Å²) in [6, 6.07) is 6.01. The molecule has 0 aromatic heterocycles. The smallest absolute Gasteiger partial charge is 0.238 e. The van der Waals surface area contributed by atoms with E-state index in [9.17, 15) is 13.2 Å². The van der Waals surface area contributed by atoms with Gasteiger partial charge in [0, 0.05) is 18.7 Å². The monoisotopic (exact) mass is 268 g/mol. The molecule has 0 atom stereocenters. The van der Waals surface area contributed by atoms with Crippen molar-refractivity contribution in [2.75, 3.05) is 11.9 Å². The molecule has 1 aliphatic carbocycles. The molecule has 0 spiro atoms. The van der Waals surface area contributed by atoms with Gasteiger partial charge < -0.3 is 4.90 Å². The van der Waals surface area contributed by atoms with Crippen LogP contribution in [0.25, 0.3) is 0 Å². The third-order valence-corrected chi connectivity index (χ3v) is 4.27. The molecule has 1 fully saturated rings. The van der Waals surface area contributed by atoms with Crippen LogP contribution in [0, 0.1) is 5.92 Å². The summed E-state index contributed by atoms with van der Waals surface area (Å²) in [7, 11) is -1.98. The number of carbonyl (C=O) groups is 1. The Hall–Kier alpha value is -1.40. The number of amides is 1. The maximum absolute atomic E-state index is 12.0. The molecule has 2 rings (SSSR count). The predicted molar refractivity (Wildman–Crippen MR) is 68.6 cm³/mol. The zero-order valence-electron chi connectivity index (χ0n) is 10.2. The van der Waals surface area contributed by atoms with Crippen molar-refractivity contribution in [1.29, 1.82) is 0 Å². The Bertz CT molecular complexity index is 547. The number of hydrogen-bond acceptors (Lipinski definition) is 3. The Morgan fingerprint density at radius 1 is 1.28 bits per heavy atom. The molecule has 5 nitrogen and oxygen atoms in total. The molecular weight excluding hydrogens is 252 g/mol. The van der Waals surface area contributed by atoms with Gasteiger partial charge in [0.15, 0.2) is 0 Å². The van der Waals surface area contributed by atoms with Gasteiger partial charge in [0.25, 0.3) is 0 Å². The van der Waals surface area contributed by atoms with E-state index < -0.39 is 10.0 Å². The third kappa shape index (κ3) is 2.54. The van der Waals surface area contributed by atoms with E-state index in [4.69, 9.17) is 5.14 Å². The van der Waals surface area contributed by atoms with Crippen LogP contribution in [0.3, 0.4) is 0 Å². The molecular formula is C12H16N2O3S. The maximum Gasteiger partial charge on any atom is 0.238 e. The van der Waals surface area contributed by atoms with Crippen LogP contribution in [0.15, 0.2) is 29.2 Å². The highest BCUT2D eigenvalue weighted by Crippen LogP contribution is 2.29. The third-order valence-electron chi connectivity index (χ3n) is 3.34. The highest BCUT2D eigenvalue weighted by molar-refractivity contribution is 7.89. The average molecular weight is 268 g/mol. The molecule has 2 N–H and O–H groups in total. The lowest BCUT2D eigenvalue weighted by Gasteiger charge is -2.29. The van der Waals surface area contributed by atoms with E-state index in [-0.39, 0.29) is 16.7 Å². The highest BCUT2D eigenvalue weighted by atomic mass is 32.2. The zero-order chi connectivity index (χ0) is 13.3. The number of hydrogen-bond donors (Lipinski definition) is 1. The SMILES string of the molecule is CN(C(=O)C1CCC1)c1ccc(S(N)(=O)=O)cc1. The molecule has 18 heavy (non-hydrogen) atoms. The zero-order valence-corrected chi connectivity index (χ0v) is 11.0. The molecule has 0 saturated heterocycles. The number of benzene rings is 1. The second-order valence-corrected chi connectivity index (χ2v) is 6.13. The van der Waals surface area contributed by atoms with Gasteiger partial charge >= 0.3 is 0 Å². The number of primary sulfonamides is 1. The lowest BCUT2D eigenvalue weighted by atomic mass is 9.84. The van der Waals surface area contributed by atoms with Crippen LogP contribution in [-0.2, 0) is 14.8 Å². The fourth-order valence-electron chi connectivity index (χ4n) is 1.92. The molecule has 1 amide bonds. The summed E-state index contributed by atoms with van der Waals surface area (Å²) < 4.78 is 22.2. The van der Waals surface area contributed by atoms with Crippen LogP contribution in [0.4, 0.5) is 5.69 Å². The van der Waals surface area contributed by atoms with Gasteiger partial charge in [-0.15, -0.1) is 0 Å². The highest BCUT2D eigenvalue weighted by Gasteiger charge is 2.28. The predicted octanol–water partition coefficient (Wildman–Crippen LogP) is 1.10. The second-order valence-electron chi connectivity index (χ2n) is 4.56. The first kappa shape index (κ1) is 13.0. The van der Waals surface area contributed by atoms with Crippen LogP contribution in [0.5, 0.6) is 0 Å². The minimum Gasteiger partial charge on any atom is -0.315 e. The first-order valence-corrected chi connectivity index (χ1v) is 7.34. The van der Waals surface area contributed by atoms with Gasteiger partial charge in [-0.25, -0.2) is 13.6 Å². The number of carbonyl (C=O) groups excluding carboxylic acids is 1. The molecule has 0 bridgehead atoms. The van der Waals surface area contributed by atoms with Crippen LogP contribution < -0.4 is 10.0 Å². The second kappa shape index (κ2) is 4.70. The van der Waals surface area contributed by atoms with Crippen molar-refractivity contribution in [3.05, 3.63) is 24.3 Å². The molecule has 1 saturated carbocycles. The van der Waals surface area contributed by atoms with Crippen molar-refractivity contribution in [1.82, 2.24) is 0 Å². The molecule has 1 aromatic rings. The molecule has 1 aliphatic rings. The van der Waals surface area contributed by atoms with Crippen LogP contribution >= 0.6 is 0 Å². The van der Waals surface area contributed by atoms with E-state index in [0.717, 1.165) is 19.3 Å². The van der Waals surface area contributed by atoms with Gasteiger partial charge in [-0.1, -0.05) is 6.42 Å². The normalized spacial score (nSPS) is 16.1. The van der Waals surface area contributed by atoms with Crippen molar-refractivity contribution >= 4 is 21.6 Å². The summed E-state index contributed by atoms with van der Waals surface area (Å²) in [5, 5.41) is 5.01. The Morgan fingerprint density at radius 3 is 2.22 bits per heavy atom. The minimum atomic E-state index is -3.68. The lowest BCUT2D eigenvalue weighted by molar-refractivity contribution is -0.124. The molecule has 0 unspecified atom stereocenters. The minimum absolute atomic E-state index is 0.0516. The van der Waals surface area contributed by atoms with Crippen LogP contribution in [-0.4, -0.2) is 21.4 Å². The Labute approximate surface area is 107 Å². The van der Waals surface area contributed by atoms with E-state index in [2.05, 4.69) is 0 Å². The van der Waals surface area contributed by atoms with Gasteiger partial charge in [0.1, 0.15) is 0 Å². The standard InChI is InChI=1S/C12H16N2O3S/c1-14(12(15)9-3-2-4-9)10-5-7-11(8-6-10)18(13,16)17/h5-9H,2-4H2,1H3,(H2,13,16,17). The van der Waals surface area contributed by atoms with Crippen molar-refractivity contribution < 1.29 is 13.2 Å². The van der Waals surface area contributed by atoms with Gasteiger partial charge in [0.05, 0.1) is 4.90 Å². The largest absolute Gasteiger partial charge is 0.315 e. The average Bonchev–Trinajstić information content (AvgIpc) is 2.24. The number of nitrogens with zero attached hydrogens (tertiary/aromatic N) is 1. The summed E-state index contributed by atoms with van der Waals surface area (Å²) >= 11 is 0. The van der Waals surface area contributed by atoms with Crippen LogP contribution in [0.1, 0.15) is 19.3 Å². The molecule has 98 valence electrons. The van der Waals surface area contributed by atoms with E-state index in [1.54, 1.807) is 24.1 Å². The lowest BCUT2D eigenvalue weighted by Crippen LogP contribution is -2.36. The summed E-state index contributed by atoms with van der Waals surface area (Å²) in [6.07, 6.45) is 2.99.